The molecule has 0 radical (unpaired) electrons. The average molecular weight is 374 g/mol. The summed E-state index contributed by atoms with van der Waals surface area (Å²) in [6, 6.07) is 17.7. The molecule has 1 aliphatic rings. The Morgan fingerprint density at radius 2 is 1.89 bits per heavy atom. The molecule has 3 heterocycles. The molecule has 0 spiro atoms. The number of hydrogen-bond donors (Lipinski definition) is 0. The fourth-order valence-electron chi connectivity index (χ4n) is 3.35. The molecule has 0 N–H and O–H groups in total. The molecule has 7 nitrogen and oxygen atoms in total. The summed E-state index contributed by atoms with van der Waals surface area (Å²) in [5, 5.41) is 4.09. The number of benzene rings is 2. The third-order valence-electron chi connectivity index (χ3n) is 4.88. The Morgan fingerprint density at radius 1 is 1.07 bits per heavy atom. The van der Waals surface area contributed by atoms with Crippen LogP contribution in [0.3, 0.4) is 0 Å². The molecular formula is C21H18N4O3. The van der Waals surface area contributed by atoms with Crippen molar-refractivity contribution < 1.29 is 14.0 Å². The van der Waals surface area contributed by atoms with Gasteiger partial charge < -0.3 is 18.6 Å². The van der Waals surface area contributed by atoms with E-state index in [-0.39, 0.29) is 6.10 Å². The molecular weight excluding hydrogens is 356 g/mol. The number of ether oxygens (including phenoxy) is 2. The lowest BCUT2D eigenvalue weighted by molar-refractivity contribution is 0.00330. The molecule has 2 aromatic heterocycles. The van der Waals surface area contributed by atoms with E-state index >= 15 is 0 Å². The van der Waals surface area contributed by atoms with Crippen molar-refractivity contribution in [2.45, 2.75) is 19.3 Å². The SMILES string of the molecule is COc1ccc(-c2noc(-c3ncn4c3CO[C@H](c3ccccc3)C4)n2)cc1. The normalized spacial score (nSPS) is 16.0. The van der Waals surface area contributed by atoms with Gasteiger partial charge in [0.15, 0.2) is 5.69 Å². The number of hydrogen-bond acceptors (Lipinski definition) is 6. The predicted octanol–water partition coefficient (Wildman–Crippen LogP) is 3.88. The molecule has 140 valence electrons. The zero-order chi connectivity index (χ0) is 18.9. The van der Waals surface area contributed by atoms with Gasteiger partial charge in [0.05, 0.1) is 32.3 Å². The molecule has 2 aromatic carbocycles. The first-order chi connectivity index (χ1) is 13.8. The van der Waals surface area contributed by atoms with Crippen LogP contribution in [-0.2, 0) is 17.9 Å². The van der Waals surface area contributed by atoms with Crippen LogP contribution in [0.25, 0.3) is 23.0 Å². The lowest BCUT2D eigenvalue weighted by atomic mass is 10.1. The number of methoxy groups -OCH3 is 1. The smallest absolute Gasteiger partial charge is 0.278 e. The van der Waals surface area contributed by atoms with E-state index in [1.807, 2.05) is 42.5 Å². The Labute approximate surface area is 161 Å². The molecule has 0 unspecified atom stereocenters. The van der Waals surface area contributed by atoms with Crippen molar-refractivity contribution in [1.29, 1.82) is 0 Å². The minimum atomic E-state index is 0.00768. The van der Waals surface area contributed by atoms with Crippen LogP contribution in [0.4, 0.5) is 0 Å². The lowest BCUT2D eigenvalue weighted by Crippen LogP contribution is -2.20. The van der Waals surface area contributed by atoms with Crippen molar-refractivity contribution in [2.75, 3.05) is 7.11 Å². The van der Waals surface area contributed by atoms with Gasteiger partial charge in [-0.15, -0.1) is 0 Å². The van der Waals surface area contributed by atoms with Gasteiger partial charge in [0.25, 0.3) is 5.89 Å². The maximum Gasteiger partial charge on any atom is 0.278 e. The molecule has 4 aromatic rings. The molecule has 0 aliphatic carbocycles. The van der Waals surface area contributed by atoms with Crippen LogP contribution < -0.4 is 4.74 Å². The van der Waals surface area contributed by atoms with Gasteiger partial charge in [-0.1, -0.05) is 35.5 Å². The summed E-state index contributed by atoms with van der Waals surface area (Å²) in [6.45, 7) is 1.14. The molecule has 5 rings (SSSR count). The number of fused-ring (bicyclic) bond motifs is 1. The van der Waals surface area contributed by atoms with Crippen LogP contribution in [0.5, 0.6) is 5.75 Å². The quantitative estimate of drug-likeness (QED) is 0.540. The van der Waals surface area contributed by atoms with Crippen LogP contribution in [0.1, 0.15) is 17.4 Å². The molecule has 0 saturated heterocycles. The number of rotatable bonds is 4. The standard InChI is InChI=1S/C21H18N4O3/c1-26-16-9-7-15(8-10-16)20-23-21(28-24-20)19-17-12-27-18(11-25(17)13-22-19)14-5-3-2-4-6-14/h2-10,13,18H,11-12H2,1H3/t18-/m0/s1. The Morgan fingerprint density at radius 3 is 2.68 bits per heavy atom. The molecule has 1 aliphatic heterocycles. The Bertz CT molecular complexity index is 1090. The molecule has 28 heavy (non-hydrogen) atoms. The third kappa shape index (κ3) is 2.95. The van der Waals surface area contributed by atoms with Gasteiger partial charge in [-0.2, -0.15) is 4.98 Å². The average Bonchev–Trinajstić information content (AvgIpc) is 3.41. The molecule has 0 bridgehead atoms. The van der Waals surface area contributed by atoms with E-state index < -0.39 is 0 Å². The van der Waals surface area contributed by atoms with Crippen molar-refractivity contribution >= 4 is 0 Å². The monoisotopic (exact) mass is 374 g/mol. The lowest BCUT2D eigenvalue weighted by Gasteiger charge is -2.25. The van der Waals surface area contributed by atoms with Gasteiger partial charge in [-0.25, -0.2) is 4.98 Å². The van der Waals surface area contributed by atoms with Crippen LogP contribution >= 0.6 is 0 Å². The van der Waals surface area contributed by atoms with Crippen LogP contribution in [-0.4, -0.2) is 26.8 Å². The van der Waals surface area contributed by atoms with Crippen molar-refractivity contribution in [3.63, 3.8) is 0 Å². The van der Waals surface area contributed by atoms with Crippen molar-refractivity contribution in [2.24, 2.45) is 0 Å². The Kier molecular flexibility index (Phi) is 4.14. The zero-order valence-electron chi connectivity index (χ0n) is 15.3. The van der Waals surface area contributed by atoms with Gasteiger partial charge >= 0.3 is 0 Å². The Balaban J connectivity index is 1.40. The predicted molar refractivity (Wildman–Crippen MR) is 101 cm³/mol. The van der Waals surface area contributed by atoms with Gasteiger partial charge in [-0.05, 0) is 29.8 Å². The summed E-state index contributed by atoms with van der Waals surface area (Å²) in [6.07, 6.45) is 1.81. The number of imidazole rings is 1. The molecule has 0 saturated carbocycles. The van der Waals surface area contributed by atoms with E-state index in [2.05, 4.69) is 31.8 Å². The van der Waals surface area contributed by atoms with E-state index in [4.69, 9.17) is 14.0 Å². The second-order valence-corrected chi connectivity index (χ2v) is 6.55. The summed E-state index contributed by atoms with van der Waals surface area (Å²) < 4.78 is 18.8. The highest BCUT2D eigenvalue weighted by atomic mass is 16.5. The summed E-state index contributed by atoms with van der Waals surface area (Å²) in [4.78, 5) is 9.01. The van der Waals surface area contributed by atoms with E-state index in [0.717, 1.165) is 22.6 Å². The first-order valence-corrected chi connectivity index (χ1v) is 9.01. The molecule has 7 heteroatoms. The van der Waals surface area contributed by atoms with E-state index in [0.29, 0.717) is 30.6 Å². The van der Waals surface area contributed by atoms with Crippen molar-refractivity contribution in [3.8, 4) is 28.7 Å². The second-order valence-electron chi connectivity index (χ2n) is 6.55. The minimum absolute atomic E-state index is 0.00768. The summed E-state index contributed by atoms with van der Waals surface area (Å²) in [5.41, 5.74) is 3.61. The van der Waals surface area contributed by atoms with Gasteiger partial charge in [0.1, 0.15) is 11.9 Å². The molecule has 1 atom stereocenters. The highest BCUT2D eigenvalue weighted by Gasteiger charge is 2.26. The van der Waals surface area contributed by atoms with Gasteiger partial charge in [0.2, 0.25) is 5.82 Å². The first kappa shape index (κ1) is 16.7. The van der Waals surface area contributed by atoms with Crippen molar-refractivity contribution in [1.82, 2.24) is 19.7 Å². The number of aromatic nitrogens is 4. The largest absolute Gasteiger partial charge is 0.497 e. The highest BCUT2D eigenvalue weighted by Crippen LogP contribution is 2.31. The zero-order valence-corrected chi connectivity index (χ0v) is 15.3. The second kappa shape index (κ2) is 6.94. The fraction of sp³-hybridized carbons (Fsp3) is 0.190. The van der Waals surface area contributed by atoms with Crippen molar-refractivity contribution in [3.05, 3.63) is 72.2 Å². The molecule has 0 amide bonds. The summed E-state index contributed by atoms with van der Waals surface area (Å²) >= 11 is 0. The van der Waals surface area contributed by atoms with E-state index in [9.17, 15) is 0 Å². The van der Waals surface area contributed by atoms with Crippen LogP contribution in [0.2, 0.25) is 0 Å². The van der Waals surface area contributed by atoms with Gasteiger partial charge in [0, 0.05) is 5.56 Å². The van der Waals surface area contributed by atoms with Crippen LogP contribution in [0, 0.1) is 0 Å². The van der Waals surface area contributed by atoms with E-state index in [1.165, 1.54) is 0 Å². The highest BCUT2D eigenvalue weighted by molar-refractivity contribution is 5.59. The first-order valence-electron chi connectivity index (χ1n) is 9.01. The molecule has 0 fully saturated rings. The summed E-state index contributed by atoms with van der Waals surface area (Å²) in [7, 11) is 1.63. The number of nitrogens with zero attached hydrogens (tertiary/aromatic N) is 4. The fourth-order valence-corrected chi connectivity index (χ4v) is 3.35. The van der Waals surface area contributed by atoms with E-state index in [1.54, 1.807) is 13.4 Å². The van der Waals surface area contributed by atoms with Gasteiger partial charge in [-0.3, -0.25) is 0 Å². The topological polar surface area (TPSA) is 75.2 Å². The summed E-state index contributed by atoms with van der Waals surface area (Å²) in [5.74, 6) is 1.68. The third-order valence-corrected chi connectivity index (χ3v) is 4.88. The Hall–Kier alpha value is -3.45. The maximum absolute atomic E-state index is 6.06. The minimum Gasteiger partial charge on any atom is -0.497 e. The van der Waals surface area contributed by atoms with Crippen LogP contribution in [0.15, 0.2) is 65.4 Å². The maximum atomic E-state index is 6.06.